The topological polar surface area (TPSA) is 62.7 Å². The molecule has 21 heavy (non-hydrogen) atoms. The van der Waals surface area contributed by atoms with E-state index >= 15 is 0 Å². The van der Waals surface area contributed by atoms with Crippen LogP contribution in [0.25, 0.3) is 0 Å². The smallest absolute Gasteiger partial charge is 0.311 e. The molecule has 1 aliphatic heterocycles. The number of rotatable bonds is 6. The van der Waals surface area contributed by atoms with Crippen molar-refractivity contribution in [1.82, 2.24) is 9.88 Å². The van der Waals surface area contributed by atoms with Crippen molar-refractivity contribution in [3.8, 4) is 0 Å². The monoisotopic (exact) mass is 292 g/mol. The summed E-state index contributed by atoms with van der Waals surface area (Å²) in [6.07, 6.45) is 1.17. The highest BCUT2D eigenvalue weighted by atomic mass is 16.5. The van der Waals surface area contributed by atoms with Crippen LogP contribution in [0.4, 0.5) is 0 Å². The van der Waals surface area contributed by atoms with Gasteiger partial charge in [-0.15, -0.1) is 0 Å². The maximum atomic E-state index is 11.7. The lowest BCUT2D eigenvalue weighted by Gasteiger charge is -2.37. The summed E-state index contributed by atoms with van der Waals surface area (Å²) in [5.41, 5.74) is 1.30. The molecular weight excluding hydrogens is 268 g/mol. The number of ether oxygens (including phenoxy) is 1. The highest BCUT2D eigenvalue weighted by Gasteiger charge is 2.41. The van der Waals surface area contributed by atoms with Gasteiger partial charge in [0.1, 0.15) is 0 Å². The molecule has 0 saturated carbocycles. The molecule has 0 atom stereocenters. The predicted molar refractivity (Wildman–Crippen MR) is 80.0 cm³/mol. The first kappa shape index (κ1) is 15.9. The summed E-state index contributed by atoms with van der Waals surface area (Å²) in [4.78, 5) is 18.4. The minimum atomic E-state index is -0.707. The summed E-state index contributed by atoms with van der Waals surface area (Å²) >= 11 is 0. The molecule has 1 aromatic rings. The van der Waals surface area contributed by atoms with Gasteiger partial charge in [0.05, 0.1) is 11.1 Å². The number of carboxylic acid groups (broad SMARTS) is 1. The fraction of sp³-hybridized carbons (Fsp3) is 0.625. The Morgan fingerprint density at radius 1 is 1.43 bits per heavy atom. The van der Waals surface area contributed by atoms with E-state index in [0.29, 0.717) is 39.1 Å². The van der Waals surface area contributed by atoms with Crippen molar-refractivity contribution in [2.45, 2.75) is 33.2 Å². The van der Waals surface area contributed by atoms with Crippen LogP contribution in [0.2, 0.25) is 0 Å². The highest BCUT2D eigenvalue weighted by Crippen LogP contribution is 2.32. The molecule has 5 heteroatoms. The van der Waals surface area contributed by atoms with E-state index < -0.39 is 11.4 Å². The zero-order chi connectivity index (χ0) is 15.3. The van der Waals surface area contributed by atoms with E-state index in [-0.39, 0.29) is 0 Å². The second kappa shape index (κ2) is 7.00. The van der Waals surface area contributed by atoms with Crippen molar-refractivity contribution in [3.63, 3.8) is 0 Å². The average Bonchev–Trinajstić information content (AvgIpc) is 2.47. The van der Waals surface area contributed by atoms with Gasteiger partial charge in [-0.05, 0) is 38.4 Å². The third-order valence-electron chi connectivity index (χ3n) is 4.21. The number of hydrogen-bond acceptors (Lipinski definition) is 4. The third kappa shape index (κ3) is 4.02. The molecule has 1 N–H and O–H groups in total. The molecule has 1 saturated heterocycles. The van der Waals surface area contributed by atoms with E-state index in [1.54, 1.807) is 0 Å². The van der Waals surface area contributed by atoms with Gasteiger partial charge in [-0.1, -0.05) is 13.0 Å². The number of carbonyl (C=O) groups is 1. The summed E-state index contributed by atoms with van der Waals surface area (Å²) < 4.78 is 5.33. The Hall–Kier alpha value is -1.46. The first-order chi connectivity index (χ1) is 10.1. The molecular formula is C16H24N2O3. The van der Waals surface area contributed by atoms with Gasteiger partial charge >= 0.3 is 5.97 Å². The van der Waals surface area contributed by atoms with Crippen LogP contribution in [0.15, 0.2) is 18.2 Å². The van der Waals surface area contributed by atoms with Crippen LogP contribution >= 0.6 is 0 Å². The number of hydrogen-bond donors (Lipinski definition) is 1. The number of carboxylic acids is 1. The van der Waals surface area contributed by atoms with Gasteiger partial charge in [0.2, 0.25) is 0 Å². The number of aryl methyl sites for hydroxylation is 1. The Labute approximate surface area is 125 Å². The quantitative estimate of drug-likeness (QED) is 0.870. The van der Waals surface area contributed by atoms with Gasteiger partial charge in [-0.3, -0.25) is 14.7 Å². The van der Waals surface area contributed by atoms with E-state index in [0.717, 1.165) is 17.9 Å². The van der Waals surface area contributed by atoms with Gasteiger partial charge < -0.3 is 9.84 Å². The lowest BCUT2D eigenvalue weighted by atomic mass is 9.79. The van der Waals surface area contributed by atoms with Crippen LogP contribution in [-0.2, 0) is 16.1 Å². The van der Waals surface area contributed by atoms with Gasteiger partial charge in [0.15, 0.2) is 0 Å². The molecule has 1 aromatic heterocycles. The summed E-state index contributed by atoms with van der Waals surface area (Å²) in [5, 5.41) is 9.65. The normalized spacial score (nSPS) is 17.9. The number of aliphatic carboxylic acids is 1. The number of nitrogens with zero attached hydrogens (tertiary/aromatic N) is 2. The maximum Gasteiger partial charge on any atom is 0.311 e. The zero-order valence-corrected chi connectivity index (χ0v) is 12.8. The summed E-state index contributed by atoms with van der Waals surface area (Å²) in [6.45, 7) is 7.15. The number of aromatic nitrogens is 1. The SMILES string of the molecule is CCN(Cc1cccc(C)n1)CC1(C(=O)O)CCOCC1. The lowest BCUT2D eigenvalue weighted by molar-refractivity contribution is -0.156. The van der Waals surface area contributed by atoms with Crippen molar-refractivity contribution in [3.05, 3.63) is 29.6 Å². The highest BCUT2D eigenvalue weighted by molar-refractivity contribution is 5.75. The van der Waals surface area contributed by atoms with E-state index in [1.165, 1.54) is 0 Å². The minimum Gasteiger partial charge on any atom is -0.481 e. The Morgan fingerprint density at radius 2 is 2.14 bits per heavy atom. The average molecular weight is 292 g/mol. The van der Waals surface area contributed by atoms with Crippen molar-refractivity contribution >= 4 is 5.97 Å². The van der Waals surface area contributed by atoms with E-state index in [9.17, 15) is 9.90 Å². The van der Waals surface area contributed by atoms with Crippen LogP contribution in [0.1, 0.15) is 31.2 Å². The summed E-state index contributed by atoms with van der Waals surface area (Å²) in [7, 11) is 0. The molecule has 5 nitrogen and oxygen atoms in total. The second-order valence-corrected chi connectivity index (χ2v) is 5.77. The first-order valence-corrected chi connectivity index (χ1v) is 7.52. The van der Waals surface area contributed by atoms with Crippen LogP contribution < -0.4 is 0 Å². The van der Waals surface area contributed by atoms with Crippen molar-refractivity contribution in [2.75, 3.05) is 26.3 Å². The standard InChI is InChI=1S/C16H24N2O3/c1-3-18(11-14-6-4-5-13(2)17-14)12-16(15(19)20)7-9-21-10-8-16/h4-6H,3,7-12H2,1-2H3,(H,19,20). The fourth-order valence-corrected chi connectivity index (χ4v) is 2.83. The van der Waals surface area contributed by atoms with Gasteiger partial charge in [-0.25, -0.2) is 0 Å². The Balaban J connectivity index is 2.08. The van der Waals surface area contributed by atoms with Crippen LogP contribution in [-0.4, -0.2) is 47.3 Å². The molecule has 2 rings (SSSR count). The zero-order valence-electron chi connectivity index (χ0n) is 12.8. The van der Waals surface area contributed by atoms with Crippen molar-refractivity contribution in [1.29, 1.82) is 0 Å². The maximum absolute atomic E-state index is 11.7. The molecule has 1 fully saturated rings. The van der Waals surface area contributed by atoms with E-state index in [2.05, 4.69) is 16.8 Å². The van der Waals surface area contributed by atoms with Gasteiger partial charge in [-0.2, -0.15) is 0 Å². The second-order valence-electron chi connectivity index (χ2n) is 5.77. The minimum absolute atomic E-state index is 0.534. The van der Waals surface area contributed by atoms with Crippen LogP contribution in [0.5, 0.6) is 0 Å². The summed E-state index contributed by atoms with van der Waals surface area (Å²) in [6, 6.07) is 5.96. The van der Waals surface area contributed by atoms with Gasteiger partial charge in [0.25, 0.3) is 0 Å². The van der Waals surface area contributed by atoms with E-state index in [4.69, 9.17) is 4.74 Å². The van der Waals surface area contributed by atoms with Crippen molar-refractivity contribution in [2.24, 2.45) is 5.41 Å². The van der Waals surface area contributed by atoms with Gasteiger partial charge in [0, 0.05) is 32.0 Å². The first-order valence-electron chi connectivity index (χ1n) is 7.52. The Kier molecular flexibility index (Phi) is 5.31. The lowest BCUT2D eigenvalue weighted by Crippen LogP contribution is -2.46. The largest absolute Gasteiger partial charge is 0.481 e. The molecule has 0 aliphatic carbocycles. The molecule has 2 heterocycles. The Morgan fingerprint density at radius 3 is 2.71 bits per heavy atom. The van der Waals surface area contributed by atoms with E-state index in [1.807, 2.05) is 25.1 Å². The molecule has 1 aliphatic rings. The molecule has 0 amide bonds. The van der Waals surface area contributed by atoms with Crippen molar-refractivity contribution < 1.29 is 14.6 Å². The Bertz CT molecular complexity index is 484. The predicted octanol–water partition coefficient (Wildman–Crippen LogP) is 2.09. The fourth-order valence-electron chi connectivity index (χ4n) is 2.83. The number of pyridine rings is 1. The molecule has 0 bridgehead atoms. The molecule has 116 valence electrons. The molecule has 0 unspecified atom stereocenters. The van der Waals surface area contributed by atoms with Crippen LogP contribution in [0.3, 0.4) is 0 Å². The molecule has 0 radical (unpaired) electrons. The molecule has 0 aromatic carbocycles. The third-order valence-corrected chi connectivity index (χ3v) is 4.21. The molecule has 0 spiro atoms. The summed E-state index contributed by atoms with van der Waals surface area (Å²) in [5.74, 6) is -0.707. The van der Waals surface area contributed by atoms with Crippen LogP contribution in [0, 0.1) is 12.3 Å².